The lowest BCUT2D eigenvalue weighted by Gasteiger charge is -2.17. The first kappa shape index (κ1) is 18.9. The van der Waals surface area contributed by atoms with E-state index in [1.54, 1.807) is 6.20 Å². The van der Waals surface area contributed by atoms with Crippen LogP contribution < -0.4 is 16.4 Å². The van der Waals surface area contributed by atoms with Gasteiger partial charge >= 0.3 is 0 Å². The van der Waals surface area contributed by atoms with Crippen molar-refractivity contribution in [1.82, 2.24) is 20.8 Å². The molecule has 0 spiro atoms. The molecule has 3 aliphatic rings. The maximum atomic E-state index is 13.0. The van der Waals surface area contributed by atoms with Gasteiger partial charge < -0.3 is 16.4 Å². The maximum Gasteiger partial charge on any atom is 0.251 e. The lowest BCUT2D eigenvalue weighted by atomic mass is 10.0. The number of carbonyl (C=O) groups is 1. The average molecular weight is 384 g/mol. The number of halogens is 1. The third-order valence-electron chi connectivity index (χ3n) is 4.71. The molecule has 0 saturated carbocycles. The number of aromatic nitrogens is 2. The van der Waals surface area contributed by atoms with E-state index >= 15 is 0 Å². The summed E-state index contributed by atoms with van der Waals surface area (Å²) in [5.41, 5.74) is 11.6. The van der Waals surface area contributed by atoms with Crippen LogP contribution in [-0.4, -0.2) is 28.7 Å². The number of aromatic amines is 1. The molecule has 2 aliphatic heterocycles. The van der Waals surface area contributed by atoms with E-state index in [9.17, 15) is 4.79 Å². The molecule has 1 amide bonds. The minimum Gasteiger partial charge on any atom is -0.387 e. The van der Waals surface area contributed by atoms with Crippen molar-refractivity contribution in [3.63, 3.8) is 0 Å². The Bertz CT molecular complexity index is 921. The van der Waals surface area contributed by atoms with Gasteiger partial charge in [0.25, 0.3) is 5.91 Å². The van der Waals surface area contributed by atoms with Crippen LogP contribution in [0.15, 0.2) is 48.8 Å². The number of nitrogens with zero attached hydrogens (tertiary/aromatic N) is 1. The van der Waals surface area contributed by atoms with E-state index < -0.39 is 0 Å². The van der Waals surface area contributed by atoms with Gasteiger partial charge in [0.2, 0.25) is 0 Å². The molecule has 1 atom stereocenters. The summed E-state index contributed by atoms with van der Waals surface area (Å²) >= 11 is 0. The molecule has 0 radical (unpaired) electrons. The number of benzene rings is 1. The van der Waals surface area contributed by atoms with E-state index in [2.05, 4.69) is 20.8 Å². The van der Waals surface area contributed by atoms with Gasteiger partial charge in [-0.2, -0.15) is 5.10 Å². The maximum absolute atomic E-state index is 13.0. The molecule has 0 aromatic heterocycles. The highest BCUT2D eigenvalue weighted by atomic mass is 35.5. The van der Waals surface area contributed by atoms with Crippen LogP contribution in [0.25, 0.3) is 17.2 Å². The second kappa shape index (κ2) is 8.24. The van der Waals surface area contributed by atoms with Crippen LogP contribution >= 0.6 is 12.4 Å². The smallest absolute Gasteiger partial charge is 0.251 e. The summed E-state index contributed by atoms with van der Waals surface area (Å²) in [5, 5.41) is 13.4. The van der Waals surface area contributed by atoms with E-state index in [4.69, 9.17) is 5.73 Å². The van der Waals surface area contributed by atoms with Crippen molar-refractivity contribution >= 4 is 24.4 Å². The first-order valence-electron chi connectivity index (χ1n) is 8.70. The molecule has 2 heterocycles. The van der Waals surface area contributed by atoms with Gasteiger partial charge in [0, 0.05) is 35.8 Å². The van der Waals surface area contributed by atoms with Gasteiger partial charge in [0.1, 0.15) is 0 Å². The molecule has 5 N–H and O–H groups in total. The Morgan fingerprint density at radius 1 is 1.30 bits per heavy atom. The van der Waals surface area contributed by atoms with Crippen LogP contribution in [0.1, 0.15) is 27.2 Å². The monoisotopic (exact) mass is 383 g/mol. The molecule has 6 nitrogen and oxygen atoms in total. The molecule has 27 heavy (non-hydrogen) atoms. The Labute approximate surface area is 164 Å². The van der Waals surface area contributed by atoms with Crippen molar-refractivity contribution < 1.29 is 4.79 Å². The number of nitrogens with one attached hydrogen (secondary N) is 3. The molecule has 0 saturated heterocycles. The van der Waals surface area contributed by atoms with Gasteiger partial charge in [0.05, 0.1) is 11.9 Å². The average Bonchev–Trinajstić information content (AvgIpc) is 2.90. The van der Waals surface area contributed by atoms with Crippen LogP contribution in [0.2, 0.25) is 0 Å². The van der Waals surface area contributed by atoms with Crippen LogP contribution in [0.5, 0.6) is 0 Å². The number of rotatable bonds is 5. The minimum absolute atomic E-state index is 0. The highest BCUT2D eigenvalue weighted by Gasteiger charge is 2.25. The largest absolute Gasteiger partial charge is 0.387 e. The van der Waals surface area contributed by atoms with Crippen molar-refractivity contribution in [2.75, 3.05) is 6.54 Å². The first-order chi connectivity index (χ1) is 12.8. The van der Waals surface area contributed by atoms with Crippen molar-refractivity contribution in [3.05, 3.63) is 71.2 Å². The summed E-state index contributed by atoms with van der Waals surface area (Å²) in [7, 11) is 0. The standard InChI is InChI=1S/C20H21N5O.ClH/c21-10-15(8-13-4-2-1-3-5-13)24-20(26)16-9-14-11-23-25-18-6-7-22-12-17(16)19(14)18;/h1-7,9,11,15,22,25H,8,10,12,21H2,(H,24,26);1H/t15-;/m0./s1. The van der Waals surface area contributed by atoms with Crippen LogP contribution in [-0.2, 0) is 13.0 Å². The number of hydrogen-bond donors (Lipinski definition) is 4. The van der Waals surface area contributed by atoms with E-state index in [1.165, 1.54) is 0 Å². The summed E-state index contributed by atoms with van der Waals surface area (Å²) in [4.78, 5) is 13.0. The van der Waals surface area contributed by atoms with Crippen molar-refractivity contribution in [1.29, 1.82) is 0 Å². The molecule has 0 bridgehead atoms. The number of nitrogens with two attached hydrogens (primary N) is 1. The number of carbonyl (C=O) groups excluding carboxylic acids is 1. The molecular weight excluding hydrogens is 362 g/mol. The topological polar surface area (TPSA) is 95.8 Å². The molecule has 7 heteroatoms. The van der Waals surface area contributed by atoms with E-state index in [0.29, 0.717) is 25.1 Å². The first-order valence-corrected chi connectivity index (χ1v) is 8.70. The van der Waals surface area contributed by atoms with E-state index in [-0.39, 0.29) is 24.4 Å². The fraction of sp³-hybridized carbons (Fsp3) is 0.200. The third kappa shape index (κ3) is 3.82. The zero-order chi connectivity index (χ0) is 17.9. The third-order valence-corrected chi connectivity index (χ3v) is 4.71. The number of amides is 1. The Morgan fingerprint density at radius 2 is 2.11 bits per heavy atom. The summed E-state index contributed by atoms with van der Waals surface area (Å²) in [6.45, 7) is 0.982. The van der Waals surface area contributed by atoms with Crippen LogP contribution in [0.4, 0.5) is 0 Å². The quantitative estimate of drug-likeness (QED) is 0.543. The fourth-order valence-electron chi connectivity index (χ4n) is 3.44. The normalized spacial score (nSPS) is 13.4. The van der Waals surface area contributed by atoms with Crippen molar-refractivity contribution in [3.8, 4) is 11.1 Å². The van der Waals surface area contributed by atoms with E-state index in [0.717, 1.165) is 27.9 Å². The van der Waals surface area contributed by atoms with Gasteiger partial charge in [-0.15, -0.1) is 12.4 Å². The van der Waals surface area contributed by atoms with Gasteiger partial charge in [-0.05, 0) is 35.9 Å². The predicted octanol–water partition coefficient (Wildman–Crippen LogP) is 2.31. The van der Waals surface area contributed by atoms with Crippen molar-refractivity contribution in [2.24, 2.45) is 5.73 Å². The fourth-order valence-corrected chi connectivity index (χ4v) is 3.44. The second-order valence-electron chi connectivity index (χ2n) is 6.46. The zero-order valence-electron chi connectivity index (χ0n) is 14.7. The SMILES string of the molecule is Cl.NC[C@H](Cc1ccccc1)NC(=O)c1cc2cn[nH]c3c-2c1CNC=C3. The Hall–Kier alpha value is -2.83. The lowest BCUT2D eigenvalue weighted by Crippen LogP contribution is -2.41. The molecule has 1 aromatic carbocycles. The lowest BCUT2D eigenvalue weighted by molar-refractivity contribution is 0.0937. The predicted molar refractivity (Wildman–Crippen MR) is 109 cm³/mol. The summed E-state index contributed by atoms with van der Waals surface area (Å²) < 4.78 is 0. The van der Waals surface area contributed by atoms with E-state index in [1.807, 2.05) is 48.7 Å². The number of H-pyrrole nitrogens is 1. The molecule has 140 valence electrons. The Morgan fingerprint density at radius 3 is 2.89 bits per heavy atom. The minimum atomic E-state index is -0.115. The highest BCUT2D eigenvalue weighted by Crippen LogP contribution is 2.35. The molecule has 1 aliphatic carbocycles. The molecule has 0 fully saturated rings. The van der Waals surface area contributed by atoms with Gasteiger partial charge in [0.15, 0.2) is 0 Å². The summed E-state index contributed by atoms with van der Waals surface area (Å²) in [6.07, 6.45) is 6.26. The summed E-state index contributed by atoms with van der Waals surface area (Å²) in [5.74, 6) is -0.0998. The molecule has 1 aromatic rings. The van der Waals surface area contributed by atoms with Crippen LogP contribution in [0, 0.1) is 0 Å². The highest BCUT2D eigenvalue weighted by molar-refractivity contribution is 6.01. The molecular formula is C20H22ClN5O. The van der Waals surface area contributed by atoms with Gasteiger partial charge in [-0.1, -0.05) is 30.3 Å². The van der Waals surface area contributed by atoms with Crippen molar-refractivity contribution in [2.45, 2.75) is 19.0 Å². The van der Waals surface area contributed by atoms with Crippen LogP contribution in [0.3, 0.4) is 0 Å². The summed E-state index contributed by atoms with van der Waals surface area (Å²) in [6, 6.07) is 11.8. The molecule has 0 unspecified atom stereocenters. The van der Waals surface area contributed by atoms with Gasteiger partial charge in [-0.25, -0.2) is 0 Å². The number of hydrogen-bond acceptors (Lipinski definition) is 4. The second-order valence-corrected chi connectivity index (χ2v) is 6.46. The molecule has 4 rings (SSSR count). The Kier molecular flexibility index (Phi) is 5.78. The Balaban J connectivity index is 0.00000210. The van der Waals surface area contributed by atoms with Gasteiger partial charge in [-0.3, -0.25) is 9.89 Å². The zero-order valence-corrected chi connectivity index (χ0v) is 15.6.